The van der Waals surface area contributed by atoms with Crippen LogP contribution in [0.4, 0.5) is 0 Å². The minimum Gasteiger partial charge on any atom is -0.381 e. The van der Waals surface area contributed by atoms with Crippen LogP contribution in [-0.2, 0) is 0 Å². The molecule has 0 heterocycles. The molecule has 5 nitrogen and oxygen atoms in total. The van der Waals surface area contributed by atoms with Crippen molar-refractivity contribution in [1.82, 2.24) is 14.0 Å². The molecule has 0 amide bonds. The van der Waals surface area contributed by atoms with Crippen molar-refractivity contribution in [3.05, 3.63) is 30.3 Å². The van der Waals surface area contributed by atoms with Crippen LogP contribution in [0.1, 0.15) is 0 Å². The van der Waals surface area contributed by atoms with Crippen LogP contribution in [0.3, 0.4) is 0 Å². The molecule has 1 aromatic carbocycles. The molecule has 0 aliphatic rings. The first-order valence-corrected chi connectivity index (χ1v) is 7.29. The standard InChI is InChI=1S/C12H22N4OP.Li/c1-14(2)18(15(3)4,16(5)6)13-17-12-10-8-7-9-11-12;/h8-11H,1-6H3;/q-1;+1. The predicted octanol–water partition coefficient (Wildman–Crippen LogP) is -0.584. The minimum absolute atomic E-state index is 0. The van der Waals surface area contributed by atoms with Crippen molar-refractivity contribution in [3.63, 3.8) is 0 Å². The minimum atomic E-state index is -1.98. The van der Waals surface area contributed by atoms with E-state index in [0.717, 1.165) is 5.75 Å². The summed E-state index contributed by atoms with van der Waals surface area (Å²) < 4.78 is 6.30. The summed E-state index contributed by atoms with van der Waals surface area (Å²) in [5.41, 5.74) is 0. The van der Waals surface area contributed by atoms with Crippen LogP contribution in [0.5, 0.6) is 5.75 Å². The smallest absolute Gasteiger partial charge is 0.381 e. The van der Waals surface area contributed by atoms with E-state index in [-0.39, 0.29) is 18.9 Å². The van der Waals surface area contributed by atoms with Gasteiger partial charge in [-0.05, 0) is 42.3 Å². The van der Waals surface area contributed by atoms with Gasteiger partial charge in [0.1, 0.15) is 0 Å². The van der Waals surface area contributed by atoms with Gasteiger partial charge in [0.15, 0.2) is 0 Å². The Morgan fingerprint density at radius 2 is 1.37 bits per heavy atom. The molecule has 0 fully saturated rings. The Bertz CT molecular complexity index is 394. The molecule has 0 spiro atoms. The van der Waals surface area contributed by atoms with E-state index in [0.29, 0.717) is 0 Å². The van der Waals surface area contributed by atoms with Gasteiger partial charge < -0.3 is 4.84 Å². The van der Waals surface area contributed by atoms with E-state index < -0.39 is 7.51 Å². The second-order valence-corrected chi connectivity index (χ2v) is 8.12. The summed E-state index contributed by atoms with van der Waals surface area (Å²) in [6, 6.07) is 10.3. The molecule has 102 valence electrons. The van der Waals surface area contributed by atoms with Crippen molar-refractivity contribution < 1.29 is 23.7 Å². The zero-order chi connectivity index (χ0) is 13.8. The van der Waals surface area contributed by atoms with Gasteiger partial charge in [0.05, 0.1) is 5.75 Å². The van der Waals surface area contributed by atoms with Crippen LogP contribution in [0.2, 0.25) is 0 Å². The van der Waals surface area contributed by atoms with Crippen molar-refractivity contribution in [2.24, 2.45) is 4.91 Å². The molecule has 0 aromatic heterocycles. The van der Waals surface area contributed by atoms with Crippen LogP contribution in [0, 0.1) is 6.07 Å². The predicted molar refractivity (Wildman–Crippen MR) is 76.3 cm³/mol. The molecular weight excluding hydrogens is 254 g/mol. The fourth-order valence-corrected chi connectivity index (χ4v) is 4.62. The zero-order valence-electron chi connectivity index (χ0n) is 13.0. The average molecular weight is 276 g/mol. The Morgan fingerprint density at radius 3 is 1.74 bits per heavy atom. The molecule has 0 bridgehead atoms. The molecule has 0 radical (unpaired) electrons. The molecule has 19 heavy (non-hydrogen) atoms. The molecule has 0 aliphatic heterocycles. The fourth-order valence-electron chi connectivity index (χ4n) is 1.83. The van der Waals surface area contributed by atoms with E-state index in [1.807, 2.05) is 66.6 Å². The number of benzene rings is 1. The third-order valence-corrected chi connectivity index (χ3v) is 6.07. The van der Waals surface area contributed by atoms with Crippen molar-refractivity contribution >= 4 is 7.51 Å². The Morgan fingerprint density at radius 1 is 0.947 bits per heavy atom. The number of nitrogens with zero attached hydrogens (tertiary/aromatic N) is 4. The van der Waals surface area contributed by atoms with Crippen LogP contribution in [0.15, 0.2) is 29.2 Å². The van der Waals surface area contributed by atoms with Gasteiger partial charge in [-0.15, -0.1) is 12.1 Å². The number of hydrogen-bond acceptors (Lipinski definition) is 2. The van der Waals surface area contributed by atoms with Crippen LogP contribution in [0.25, 0.3) is 0 Å². The molecule has 7 heteroatoms. The monoisotopic (exact) mass is 276 g/mol. The Hall–Kier alpha value is -0.273. The van der Waals surface area contributed by atoms with E-state index in [1.165, 1.54) is 0 Å². The second-order valence-electron chi connectivity index (χ2n) is 4.49. The first kappa shape index (κ1) is 18.7. The molecule has 0 saturated heterocycles. The van der Waals surface area contributed by atoms with E-state index in [1.54, 1.807) is 0 Å². The molecule has 1 aromatic rings. The number of hydrogen-bond donors (Lipinski definition) is 0. The van der Waals surface area contributed by atoms with Crippen LogP contribution >= 0.6 is 7.51 Å². The van der Waals surface area contributed by atoms with Gasteiger partial charge in [-0.2, -0.15) is 18.2 Å². The summed E-state index contributed by atoms with van der Waals surface area (Å²) in [5, 5.41) is 0. The summed E-state index contributed by atoms with van der Waals surface area (Å²) in [4.78, 5) is 10.1. The van der Waals surface area contributed by atoms with Crippen molar-refractivity contribution in [2.75, 3.05) is 42.3 Å². The SMILES string of the molecule is CN(C)P(=NOc1cc[c-]cc1)(N(C)C)N(C)C.[Li+]. The quantitative estimate of drug-likeness (QED) is 0.311. The van der Waals surface area contributed by atoms with E-state index in [4.69, 9.17) is 4.84 Å². The van der Waals surface area contributed by atoms with Gasteiger partial charge in [0, 0.05) is 0 Å². The normalized spacial score (nSPS) is 11.6. The Balaban J connectivity index is 0.00000324. The van der Waals surface area contributed by atoms with Gasteiger partial charge in [-0.1, -0.05) is 4.91 Å². The first-order valence-electron chi connectivity index (χ1n) is 5.69. The molecule has 0 aliphatic carbocycles. The average Bonchev–Trinajstić information content (AvgIpc) is 2.29. The van der Waals surface area contributed by atoms with E-state index in [2.05, 4.69) is 25.0 Å². The maximum Gasteiger partial charge on any atom is 1.00 e. The third-order valence-electron chi connectivity index (χ3n) is 2.55. The maximum absolute atomic E-state index is 5.58. The van der Waals surface area contributed by atoms with Gasteiger partial charge in [-0.25, -0.2) is 14.0 Å². The second kappa shape index (κ2) is 8.11. The first-order chi connectivity index (χ1) is 8.41. The van der Waals surface area contributed by atoms with Crippen LogP contribution in [-0.4, -0.2) is 56.3 Å². The molecule has 1 rings (SSSR count). The Kier molecular flexibility index (Phi) is 8.00. The van der Waals surface area contributed by atoms with Gasteiger partial charge in [-0.3, -0.25) is 0 Å². The van der Waals surface area contributed by atoms with Gasteiger partial charge in [0.25, 0.3) is 0 Å². The van der Waals surface area contributed by atoms with Crippen molar-refractivity contribution in [2.45, 2.75) is 0 Å². The maximum atomic E-state index is 5.58. The van der Waals surface area contributed by atoms with Crippen molar-refractivity contribution in [3.8, 4) is 5.75 Å². The topological polar surface area (TPSA) is 31.3 Å². The summed E-state index contributed by atoms with van der Waals surface area (Å²) in [6.07, 6.45) is 0. The van der Waals surface area contributed by atoms with Crippen LogP contribution < -0.4 is 23.7 Å². The summed E-state index contributed by atoms with van der Waals surface area (Å²) in [7, 11) is 10.1. The molecule has 0 unspecified atom stereocenters. The van der Waals surface area contributed by atoms with E-state index >= 15 is 0 Å². The molecular formula is C12H22LiN4OP. The van der Waals surface area contributed by atoms with E-state index in [9.17, 15) is 0 Å². The Labute approximate surface area is 128 Å². The molecule has 0 atom stereocenters. The summed E-state index contributed by atoms with van der Waals surface area (Å²) in [6.45, 7) is 0. The van der Waals surface area contributed by atoms with Gasteiger partial charge >= 0.3 is 18.9 Å². The molecule has 0 saturated carbocycles. The molecule has 0 N–H and O–H groups in total. The van der Waals surface area contributed by atoms with Crippen molar-refractivity contribution in [1.29, 1.82) is 0 Å². The number of rotatable bonds is 5. The zero-order valence-corrected chi connectivity index (χ0v) is 13.8. The summed E-state index contributed by atoms with van der Waals surface area (Å²) in [5.74, 6) is 0.726. The third kappa shape index (κ3) is 4.36. The fraction of sp³-hybridized carbons (Fsp3) is 0.500. The largest absolute Gasteiger partial charge is 1.00 e. The summed E-state index contributed by atoms with van der Waals surface area (Å²) >= 11 is 0. The van der Waals surface area contributed by atoms with Gasteiger partial charge in [0.2, 0.25) is 7.51 Å².